The minimum absolute atomic E-state index is 0.182. The third-order valence-corrected chi connectivity index (χ3v) is 4.53. The molecule has 1 saturated carbocycles. The smallest absolute Gasteiger partial charge is 0.127 e. The lowest BCUT2D eigenvalue weighted by Gasteiger charge is -2.35. The van der Waals surface area contributed by atoms with Gasteiger partial charge in [-0.15, -0.1) is 0 Å². The molecule has 0 bridgehead atoms. The maximum atomic E-state index is 13.7. The first-order chi connectivity index (χ1) is 9.74. The first kappa shape index (κ1) is 14.0. The number of hydrogen-bond donors (Lipinski definition) is 1. The van der Waals surface area contributed by atoms with E-state index in [1.807, 2.05) is 6.07 Å². The molecule has 1 heterocycles. The lowest BCUT2D eigenvalue weighted by Crippen LogP contribution is -2.47. The summed E-state index contributed by atoms with van der Waals surface area (Å²) < 4.78 is 13.7. The van der Waals surface area contributed by atoms with Gasteiger partial charge in [-0.05, 0) is 25.3 Å². The lowest BCUT2D eigenvalue weighted by atomic mass is 10.0. The van der Waals surface area contributed by atoms with Gasteiger partial charge in [-0.3, -0.25) is 4.90 Å². The van der Waals surface area contributed by atoms with Crippen LogP contribution in [-0.4, -0.2) is 48.6 Å². The fourth-order valence-electron chi connectivity index (χ4n) is 3.04. The second-order valence-electron chi connectivity index (χ2n) is 6.03. The van der Waals surface area contributed by atoms with Gasteiger partial charge in [0, 0.05) is 50.4 Å². The first-order valence-electron chi connectivity index (χ1n) is 7.70. The fraction of sp³-hybridized carbons (Fsp3) is 0.625. The molecule has 2 N–H and O–H groups in total. The summed E-state index contributed by atoms with van der Waals surface area (Å²) in [6.07, 6.45) is 3.60. The zero-order chi connectivity index (χ0) is 13.9. The maximum absolute atomic E-state index is 13.7. The Bertz CT molecular complexity index is 439. The number of nitrogens with zero attached hydrogens (tertiary/aromatic N) is 2. The second-order valence-corrected chi connectivity index (χ2v) is 6.03. The average Bonchev–Trinajstić information content (AvgIpc) is 3.30. The van der Waals surface area contributed by atoms with E-state index in [1.54, 1.807) is 12.1 Å². The highest BCUT2D eigenvalue weighted by atomic mass is 19.1. The minimum Gasteiger partial charge on any atom is -0.324 e. The quantitative estimate of drug-likeness (QED) is 0.893. The van der Waals surface area contributed by atoms with Gasteiger partial charge in [0.15, 0.2) is 0 Å². The van der Waals surface area contributed by atoms with Crippen molar-refractivity contribution in [2.24, 2.45) is 5.73 Å². The first-order valence-corrected chi connectivity index (χ1v) is 7.70. The Balaban J connectivity index is 1.44. The molecule has 0 aromatic heterocycles. The Labute approximate surface area is 120 Å². The summed E-state index contributed by atoms with van der Waals surface area (Å²) in [6.45, 7) is 5.58. The molecule has 4 heteroatoms. The van der Waals surface area contributed by atoms with E-state index >= 15 is 0 Å². The van der Waals surface area contributed by atoms with Crippen molar-refractivity contribution in [1.29, 1.82) is 0 Å². The van der Waals surface area contributed by atoms with E-state index in [0.29, 0.717) is 5.56 Å². The molecule has 1 aliphatic carbocycles. The minimum atomic E-state index is -0.197. The highest BCUT2D eigenvalue weighted by Gasteiger charge is 2.31. The number of hydrogen-bond acceptors (Lipinski definition) is 3. The summed E-state index contributed by atoms with van der Waals surface area (Å²) in [5.41, 5.74) is 6.76. The van der Waals surface area contributed by atoms with Gasteiger partial charge in [0.1, 0.15) is 5.82 Å². The molecule has 3 rings (SSSR count). The van der Waals surface area contributed by atoms with Gasteiger partial charge in [-0.1, -0.05) is 18.2 Å². The van der Waals surface area contributed by atoms with Crippen molar-refractivity contribution < 1.29 is 4.39 Å². The summed E-state index contributed by atoms with van der Waals surface area (Å²) in [7, 11) is 0. The van der Waals surface area contributed by atoms with Gasteiger partial charge in [0.05, 0.1) is 0 Å². The second kappa shape index (κ2) is 6.20. The Morgan fingerprint density at radius 1 is 1.15 bits per heavy atom. The third kappa shape index (κ3) is 3.37. The number of halogens is 1. The van der Waals surface area contributed by atoms with Crippen LogP contribution in [0.2, 0.25) is 0 Å². The van der Waals surface area contributed by atoms with Crippen LogP contribution in [0.4, 0.5) is 4.39 Å². The molecule has 0 amide bonds. The van der Waals surface area contributed by atoms with Crippen molar-refractivity contribution >= 4 is 0 Å². The van der Waals surface area contributed by atoms with Gasteiger partial charge in [-0.2, -0.15) is 0 Å². The van der Waals surface area contributed by atoms with E-state index in [2.05, 4.69) is 9.80 Å². The summed E-state index contributed by atoms with van der Waals surface area (Å²) in [5, 5.41) is 0. The van der Waals surface area contributed by atoms with Crippen LogP contribution < -0.4 is 5.73 Å². The van der Waals surface area contributed by atoms with Gasteiger partial charge in [-0.25, -0.2) is 4.39 Å². The van der Waals surface area contributed by atoms with E-state index < -0.39 is 0 Å². The van der Waals surface area contributed by atoms with Gasteiger partial charge >= 0.3 is 0 Å². The van der Waals surface area contributed by atoms with Crippen LogP contribution in [-0.2, 0) is 0 Å². The SMILES string of the molecule is NC(CCN1CCN(C2CC2)CC1)c1ccccc1F. The number of rotatable bonds is 5. The highest BCUT2D eigenvalue weighted by molar-refractivity contribution is 5.20. The molecule has 2 fully saturated rings. The van der Waals surface area contributed by atoms with Crippen molar-refractivity contribution in [3.63, 3.8) is 0 Å². The van der Waals surface area contributed by atoms with Crippen LogP contribution in [0.5, 0.6) is 0 Å². The molecule has 3 nitrogen and oxygen atoms in total. The zero-order valence-corrected chi connectivity index (χ0v) is 12.0. The normalized spacial score (nSPS) is 22.9. The molecular formula is C16H24FN3. The summed E-state index contributed by atoms with van der Waals surface area (Å²) in [6, 6.07) is 7.53. The molecule has 2 aliphatic rings. The Hall–Kier alpha value is -0.970. The van der Waals surface area contributed by atoms with E-state index in [1.165, 1.54) is 32.0 Å². The predicted molar refractivity (Wildman–Crippen MR) is 79.0 cm³/mol. The highest BCUT2D eigenvalue weighted by Crippen LogP contribution is 2.27. The van der Waals surface area contributed by atoms with Crippen molar-refractivity contribution in [1.82, 2.24) is 9.80 Å². The van der Waals surface area contributed by atoms with Gasteiger partial charge in [0.2, 0.25) is 0 Å². The maximum Gasteiger partial charge on any atom is 0.127 e. The Morgan fingerprint density at radius 2 is 1.85 bits per heavy atom. The predicted octanol–water partition coefficient (Wildman–Crippen LogP) is 2.00. The molecule has 0 spiro atoms. The average molecular weight is 277 g/mol. The molecule has 0 radical (unpaired) electrons. The molecule has 20 heavy (non-hydrogen) atoms. The third-order valence-electron chi connectivity index (χ3n) is 4.53. The van der Waals surface area contributed by atoms with Crippen molar-refractivity contribution in [2.75, 3.05) is 32.7 Å². The zero-order valence-electron chi connectivity index (χ0n) is 12.0. The molecule has 1 aromatic carbocycles. The monoisotopic (exact) mass is 277 g/mol. The van der Waals surface area contributed by atoms with Crippen LogP contribution >= 0.6 is 0 Å². The molecule has 1 saturated heterocycles. The van der Waals surface area contributed by atoms with E-state index in [0.717, 1.165) is 32.1 Å². The fourth-order valence-corrected chi connectivity index (χ4v) is 3.04. The molecule has 110 valence electrons. The van der Waals surface area contributed by atoms with Crippen LogP contribution in [0.25, 0.3) is 0 Å². The standard InChI is InChI=1S/C16H24FN3/c17-15-4-2-1-3-14(15)16(18)7-8-19-9-11-20(12-10-19)13-5-6-13/h1-4,13,16H,5-12,18H2. The lowest BCUT2D eigenvalue weighted by molar-refractivity contribution is 0.124. The molecular weight excluding hydrogens is 253 g/mol. The Morgan fingerprint density at radius 3 is 2.50 bits per heavy atom. The van der Waals surface area contributed by atoms with Crippen molar-refractivity contribution in [3.8, 4) is 0 Å². The number of piperazine rings is 1. The van der Waals surface area contributed by atoms with E-state index in [4.69, 9.17) is 5.73 Å². The van der Waals surface area contributed by atoms with E-state index in [9.17, 15) is 4.39 Å². The topological polar surface area (TPSA) is 32.5 Å². The van der Waals surface area contributed by atoms with Crippen LogP contribution in [0.3, 0.4) is 0 Å². The largest absolute Gasteiger partial charge is 0.324 e. The molecule has 1 aliphatic heterocycles. The molecule has 1 atom stereocenters. The molecule has 1 aromatic rings. The Kier molecular flexibility index (Phi) is 4.34. The number of benzene rings is 1. The summed E-state index contributed by atoms with van der Waals surface area (Å²) in [4.78, 5) is 5.06. The van der Waals surface area contributed by atoms with E-state index in [-0.39, 0.29) is 11.9 Å². The van der Waals surface area contributed by atoms with Crippen LogP contribution in [0.15, 0.2) is 24.3 Å². The van der Waals surface area contributed by atoms with Gasteiger partial charge < -0.3 is 10.6 Å². The van der Waals surface area contributed by atoms with Crippen molar-refractivity contribution in [3.05, 3.63) is 35.6 Å². The van der Waals surface area contributed by atoms with Gasteiger partial charge in [0.25, 0.3) is 0 Å². The molecule has 1 unspecified atom stereocenters. The summed E-state index contributed by atoms with van der Waals surface area (Å²) in [5.74, 6) is -0.182. The van der Waals surface area contributed by atoms with Crippen LogP contribution in [0, 0.1) is 5.82 Å². The van der Waals surface area contributed by atoms with Crippen LogP contribution in [0.1, 0.15) is 30.9 Å². The summed E-state index contributed by atoms with van der Waals surface area (Å²) >= 11 is 0. The number of nitrogens with two attached hydrogens (primary N) is 1. The van der Waals surface area contributed by atoms with Crippen molar-refractivity contribution in [2.45, 2.75) is 31.3 Å².